The van der Waals surface area contributed by atoms with E-state index in [-0.39, 0.29) is 31.3 Å². The number of alkyl halides is 3. The first-order valence-electron chi connectivity index (χ1n) is 7.10. The number of amides is 1. The summed E-state index contributed by atoms with van der Waals surface area (Å²) in [5.41, 5.74) is 0.810. The third-order valence-electron chi connectivity index (χ3n) is 3.73. The van der Waals surface area contributed by atoms with Crippen LogP contribution in [0.3, 0.4) is 0 Å². The fourth-order valence-electron chi connectivity index (χ4n) is 2.64. The van der Waals surface area contributed by atoms with Gasteiger partial charge >= 0.3 is 6.18 Å². The Kier molecular flexibility index (Phi) is 5.09. The highest BCUT2D eigenvalue weighted by atomic mass is 19.4. The summed E-state index contributed by atoms with van der Waals surface area (Å²) >= 11 is 0. The Hall–Kier alpha value is -1.72. The van der Waals surface area contributed by atoms with Crippen molar-refractivity contribution in [3.8, 4) is 0 Å². The number of benzene rings is 1. The van der Waals surface area contributed by atoms with Gasteiger partial charge in [0.15, 0.2) is 0 Å². The minimum atomic E-state index is -4.16. The molecule has 1 aliphatic carbocycles. The molecule has 1 saturated carbocycles. The number of carbonyl (C=O) groups excluding carboxylic acids is 1. The first-order valence-corrected chi connectivity index (χ1v) is 7.10. The number of rotatable bonds is 4. The second-order valence-corrected chi connectivity index (χ2v) is 5.39. The SMILES string of the molecule is O=C(CNc1ccccc1)NC1CCCC(C(F)(F)F)C1. The summed E-state index contributed by atoms with van der Waals surface area (Å²) in [6, 6.07) is 8.83. The number of hydrogen-bond donors (Lipinski definition) is 2. The van der Waals surface area contributed by atoms with E-state index in [9.17, 15) is 18.0 Å². The highest BCUT2D eigenvalue weighted by Crippen LogP contribution is 2.37. The summed E-state index contributed by atoms with van der Waals surface area (Å²) in [7, 11) is 0. The second kappa shape index (κ2) is 6.83. The Bertz CT molecular complexity index is 462. The van der Waals surface area contributed by atoms with E-state index in [0.29, 0.717) is 12.8 Å². The van der Waals surface area contributed by atoms with E-state index in [2.05, 4.69) is 10.6 Å². The molecule has 0 radical (unpaired) electrons. The zero-order chi connectivity index (χ0) is 15.3. The van der Waals surface area contributed by atoms with Crippen LogP contribution >= 0.6 is 0 Å². The van der Waals surface area contributed by atoms with Crippen LogP contribution in [-0.2, 0) is 4.79 Å². The molecule has 0 aromatic heterocycles. The maximum atomic E-state index is 12.7. The van der Waals surface area contributed by atoms with E-state index in [1.54, 1.807) is 0 Å². The van der Waals surface area contributed by atoms with Gasteiger partial charge < -0.3 is 10.6 Å². The summed E-state index contributed by atoms with van der Waals surface area (Å²) in [6.07, 6.45) is -2.89. The van der Waals surface area contributed by atoms with Crippen LogP contribution in [-0.4, -0.2) is 24.7 Å². The highest BCUT2D eigenvalue weighted by molar-refractivity contribution is 5.80. The molecule has 2 atom stereocenters. The lowest BCUT2D eigenvalue weighted by Crippen LogP contribution is -2.43. The van der Waals surface area contributed by atoms with Crippen molar-refractivity contribution >= 4 is 11.6 Å². The van der Waals surface area contributed by atoms with Crippen LogP contribution in [0.1, 0.15) is 25.7 Å². The molecule has 1 aliphatic rings. The van der Waals surface area contributed by atoms with Crippen molar-refractivity contribution in [2.24, 2.45) is 5.92 Å². The highest BCUT2D eigenvalue weighted by Gasteiger charge is 2.42. The van der Waals surface area contributed by atoms with Crippen LogP contribution in [0, 0.1) is 5.92 Å². The first kappa shape index (κ1) is 15.7. The van der Waals surface area contributed by atoms with E-state index >= 15 is 0 Å². The Labute approximate surface area is 121 Å². The fourth-order valence-corrected chi connectivity index (χ4v) is 2.64. The van der Waals surface area contributed by atoms with Gasteiger partial charge in [-0.15, -0.1) is 0 Å². The lowest BCUT2D eigenvalue weighted by molar-refractivity contribution is -0.184. The summed E-state index contributed by atoms with van der Waals surface area (Å²) in [5, 5.41) is 5.63. The van der Waals surface area contributed by atoms with Gasteiger partial charge in [0.1, 0.15) is 0 Å². The molecule has 1 aromatic carbocycles. The van der Waals surface area contributed by atoms with Gasteiger partial charge in [0.25, 0.3) is 0 Å². The molecular weight excluding hydrogens is 281 g/mol. The third-order valence-corrected chi connectivity index (χ3v) is 3.73. The molecule has 6 heteroatoms. The lowest BCUT2D eigenvalue weighted by Gasteiger charge is -2.31. The molecule has 0 bridgehead atoms. The summed E-state index contributed by atoms with van der Waals surface area (Å²) in [4.78, 5) is 11.8. The molecule has 0 saturated heterocycles. The van der Waals surface area contributed by atoms with E-state index in [1.807, 2.05) is 30.3 Å². The van der Waals surface area contributed by atoms with E-state index < -0.39 is 12.1 Å². The Morgan fingerprint density at radius 2 is 1.90 bits per heavy atom. The third kappa shape index (κ3) is 4.95. The molecule has 21 heavy (non-hydrogen) atoms. The average Bonchev–Trinajstić information content (AvgIpc) is 2.46. The van der Waals surface area contributed by atoms with Crippen LogP contribution in [0.15, 0.2) is 30.3 Å². The molecule has 0 spiro atoms. The van der Waals surface area contributed by atoms with Crippen molar-refractivity contribution in [2.75, 3.05) is 11.9 Å². The zero-order valence-corrected chi connectivity index (χ0v) is 11.6. The summed E-state index contributed by atoms with van der Waals surface area (Å²) < 4.78 is 38.1. The smallest absolute Gasteiger partial charge is 0.376 e. The molecule has 0 aliphatic heterocycles. The van der Waals surface area contributed by atoms with Gasteiger partial charge in [0.05, 0.1) is 12.5 Å². The number of anilines is 1. The molecule has 2 rings (SSSR count). The summed E-state index contributed by atoms with van der Waals surface area (Å²) in [5.74, 6) is -1.56. The van der Waals surface area contributed by atoms with Crippen molar-refractivity contribution in [1.82, 2.24) is 5.32 Å². The quantitative estimate of drug-likeness (QED) is 0.895. The van der Waals surface area contributed by atoms with Crippen molar-refractivity contribution in [2.45, 2.75) is 37.9 Å². The van der Waals surface area contributed by atoms with Gasteiger partial charge in [-0.05, 0) is 31.4 Å². The number of halogens is 3. The maximum Gasteiger partial charge on any atom is 0.391 e. The average molecular weight is 300 g/mol. The molecule has 3 nitrogen and oxygen atoms in total. The lowest BCUT2D eigenvalue weighted by atomic mass is 9.85. The molecule has 2 N–H and O–H groups in total. The van der Waals surface area contributed by atoms with Gasteiger partial charge in [-0.2, -0.15) is 13.2 Å². The predicted molar refractivity (Wildman–Crippen MR) is 74.9 cm³/mol. The minimum Gasteiger partial charge on any atom is -0.376 e. The Morgan fingerprint density at radius 3 is 2.57 bits per heavy atom. The normalized spacial score (nSPS) is 22.6. The van der Waals surface area contributed by atoms with E-state index in [1.165, 1.54) is 0 Å². The Balaban J connectivity index is 1.77. The molecule has 1 fully saturated rings. The largest absolute Gasteiger partial charge is 0.391 e. The van der Waals surface area contributed by atoms with Gasteiger partial charge in [-0.1, -0.05) is 24.6 Å². The second-order valence-electron chi connectivity index (χ2n) is 5.39. The van der Waals surface area contributed by atoms with Gasteiger partial charge in [0, 0.05) is 11.7 Å². The zero-order valence-electron chi connectivity index (χ0n) is 11.6. The number of nitrogens with one attached hydrogen (secondary N) is 2. The van der Waals surface area contributed by atoms with Crippen LogP contribution in [0.2, 0.25) is 0 Å². The molecule has 1 amide bonds. The van der Waals surface area contributed by atoms with Gasteiger partial charge in [0.2, 0.25) is 5.91 Å². The molecular formula is C15H19F3N2O. The van der Waals surface area contributed by atoms with Crippen molar-refractivity contribution in [3.05, 3.63) is 30.3 Å². The van der Waals surface area contributed by atoms with Crippen LogP contribution in [0.5, 0.6) is 0 Å². The number of para-hydroxylation sites is 1. The van der Waals surface area contributed by atoms with Crippen molar-refractivity contribution in [1.29, 1.82) is 0 Å². The summed E-state index contributed by atoms with van der Waals surface area (Å²) in [6.45, 7) is 0.0667. The molecule has 1 aromatic rings. The molecule has 0 heterocycles. The number of carbonyl (C=O) groups is 1. The van der Waals surface area contributed by atoms with Crippen LogP contribution in [0.4, 0.5) is 18.9 Å². The van der Waals surface area contributed by atoms with Crippen LogP contribution < -0.4 is 10.6 Å². The first-order chi connectivity index (χ1) is 9.95. The van der Waals surface area contributed by atoms with Crippen LogP contribution in [0.25, 0.3) is 0 Å². The number of hydrogen-bond acceptors (Lipinski definition) is 2. The van der Waals surface area contributed by atoms with Gasteiger partial charge in [-0.25, -0.2) is 0 Å². The van der Waals surface area contributed by atoms with E-state index in [4.69, 9.17) is 0 Å². The molecule has 116 valence electrons. The monoisotopic (exact) mass is 300 g/mol. The standard InChI is InChI=1S/C15H19F3N2O/c16-15(17,18)11-5-4-8-13(9-11)20-14(21)10-19-12-6-2-1-3-7-12/h1-3,6-7,11,13,19H,4-5,8-10H2,(H,20,21). The van der Waals surface area contributed by atoms with E-state index in [0.717, 1.165) is 5.69 Å². The topological polar surface area (TPSA) is 41.1 Å². The molecule has 2 unspecified atom stereocenters. The Morgan fingerprint density at radius 1 is 1.19 bits per heavy atom. The maximum absolute atomic E-state index is 12.7. The van der Waals surface area contributed by atoms with Crippen molar-refractivity contribution in [3.63, 3.8) is 0 Å². The predicted octanol–water partition coefficient (Wildman–Crippen LogP) is 3.34. The fraction of sp³-hybridized carbons (Fsp3) is 0.533. The van der Waals surface area contributed by atoms with Gasteiger partial charge in [-0.3, -0.25) is 4.79 Å². The van der Waals surface area contributed by atoms with Crippen molar-refractivity contribution < 1.29 is 18.0 Å². The minimum absolute atomic E-state index is 0.0133.